The molecule has 1 aromatic carbocycles. The molecule has 0 N–H and O–H groups in total. The predicted octanol–water partition coefficient (Wildman–Crippen LogP) is 2.85. The van der Waals surface area contributed by atoms with E-state index in [2.05, 4.69) is 0 Å². The summed E-state index contributed by atoms with van der Waals surface area (Å²) in [6.07, 6.45) is 0. The number of ether oxygens (including phenoxy) is 1. The molecule has 15 heavy (non-hydrogen) atoms. The van der Waals surface area contributed by atoms with E-state index in [0.717, 1.165) is 0 Å². The highest BCUT2D eigenvalue weighted by molar-refractivity contribution is 6.31. The number of hydrogen-bond acceptors (Lipinski definition) is 3. The molecule has 78 valence electrons. The van der Waals surface area contributed by atoms with Crippen LogP contribution < -0.4 is 10.4 Å². The van der Waals surface area contributed by atoms with E-state index in [-0.39, 0.29) is 0 Å². The van der Waals surface area contributed by atoms with Gasteiger partial charge in [-0.3, -0.25) is 0 Å². The Morgan fingerprint density at radius 2 is 2.20 bits per heavy atom. The van der Waals surface area contributed by atoms with E-state index in [1.807, 2.05) is 6.92 Å². The van der Waals surface area contributed by atoms with Crippen LogP contribution in [0.4, 0.5) is 0 Å². The number of hydrogen-bond donors (Lipinski definition) is 0. The molecule has 3 nitrogen and oxygen atoms in total. The Morgan fingerprint density at radius 1 is 1.40 bits per heavy atom. The SMILES string of the molecule is CCOc1cc(=O)oc2ccc(Cl)cc12. The van der Waals surface area contributed by atoms with Crippen molar-refractivity contribution in [3.05, 3.63) is 39.7 Å². The summed E-state index contributed by atoms with van der Waals surface area (Å²) in [7, 11) is 0. The fourth-order valence-corrected chi connectivity index (χ4v) is 1.55. The zero-order chi connectivity index (χ0) is 10.8. The first-order chi connectivity index (χ1) is 7.20. The average Bonchev–Trinajstić information content (AvgIpc) is 2.19. The molecule has 0 unspecified atom stereocenters. The second kappa shape index (κ2) is 3.95. The third-order valence-electron chi connectivity index (χ3n) is 1.97. The quantitative estimate of drug-likeness (QED) is 0.737. The first-order valence-electron chi connectivity index (χ1n) is 4.57. The van der Waals surface area contributed by atoms with Crippen LogP contribution in [0.5, 0.6) is 5.75 Å². The third kappa shape index (κ3) is 1.97. The van der Waals surface area contributed by atoms with Crippen molar-refractivity contribution in [2.45, 2.75) is 6.92 Å². The summed E-state index contributed by atoms with van der Waals surface area (Å²) < 4.78 is 10.3. The maximum Gasteiger partial charge on any atom is 0.339 e. The van der Waals surface area contributed by atoms with Gasteiger partial charge in [-0.2, -0.15) is 0 Å². The highest BCUT2D eigenvalue weighted by Gasteiger charge is 2.06. The lowest BCUT2D eigenvalue weighted by molar-refractivity contribution is 0.341. The van der Waals surface area contributed by atoms with Crippen LogP contribution in [-0.4, -0.2) is 6.61 Å². The molecular formula is C11H9ClO3. The minimum Gasteiger partial charge on any atom is -0.493 e. The summed E-state index contributed by atoms with van der Waals surface area (Å²) in [4.78, 5) is 11.2. The van der Waals surface area contributed by atoms with Gasteiger partial charge in [-0.15, -0.1) is 0 Å². The van der Waals surface area contributed by atoms with E-state index >= 15 is 0 Å². The third-order valence-corrected chi connectivity index (χ3v) is 2.20. The van der Waals surface area contributed by atoms with Crippen LogP contribution in [0.3, 0.4) is 0 Å². The van der Waals surface area contributed by atoms with Crippen molar-refractivity contribution in [3.8, 4) is 5.75 Å². The van der Waals surface area contributed by atoms with Gasteiger partial charge < -0.3 is 9.15 Å². The minimum absolute atomic E-state index is 0.423. The Labute approximate surface area is 91.2 Å². The van der Waals surface area contributed by atoms with Gasteiger partial charge in [0.25, 0.3) is 0 Å². The molecule has 0 spiro atoms. The van der Waals surface area contributed by atoms with E-state index < -0.39 is 5.63 Å². The van der Waals surface area contributed by atoms with Gasteiger partial charge >= 0.3 is 5.63 Å². The van der Waals surface area contributed by atoms with Crippen LogP contribution in [0.2, 0.25) is 5.02 Å². The van der Waals surface area contributed by atoms with E-state index in [4.69, 9.17) is 20.8 Å². The lowest BCUT2D eigenvalue weighted by Crippen LogP contribution is -2.01. The van der Waals surface area contributed by atoms with Crippen molar-refractivity contribution in [2.24, 2.45) is 0 Å². The normalized spacial score (nSPS) is 10.5. The van der Waals surface area contributed by atoms with Crippen molar-refractivity contribution in [1.29, 1.82) is 0 Å². The fraction of sp³-hybridized carbons (Fsp3) is 0.182. The van der Waals surface area contributed by atoms with Gasteiger partial charge in [-0.1, -0.05) is 11.6 Å². The fourth-order valence-electron chi connectivity index (χ4n) is 1.38. The number of rotatable bonds is 2. The molecule has 0 fully saturated rings. The zero-order valence-corrected chi connectivity index (χ0v) is 8.88. The lowest BCUT2D eigenvalue weighted by Gasteiger charge is -2.05. The Balaban J connectivity index is 2.75. The molecule has 0 bridgehead atoms. The maximum absolute atomic E-state index is 11.2. The monoisotopic (exact) mass is 224 g/mol. The molecule has 1 heterocycles. The van der Waals surface area contributed by atoms with Gasteiger partial charge in [-0.05, 0) is 25.1 Å². The van der Waals surface area contributed by atoms with Crippen LogP contribution in [-0.2, 0) is 0 Å². The second-order valence-electron chi connectivity index (χ2n) is 3.00. The van der Waals surface area contributed by atoms with Gasteiger partial charge in [-0.25, -0.2) is 4.79 Å². The van der Waals surface area contributed by atoms with Crippen LogP contribution >= 0.6 is 11.6 Å². The first-order valence-corrected chi connectivity index (χ1v) is 4.94. The van der Waals surface area contributed by atoms with E-state index in [0.29, 0.717) is 28.3 Å². The molecule has 0 radical (unpaired) electrons. The molecule has 0 aliphatic carbocycles. The van der Waals surface area contributed by atoms with Crippen molar-refractivity contribution >= 4 is 22.6 Å². The highest BCUT2D eigenvalue weighted by atomic mass is 35.5. The van der Waals surface area contributed by atoms with Gasteiger partial charge in [0.1, 0.15) is 11.3 Å². The predicted molar refractivity (Wildman–Crippen MR) is 58.7 cm³/mol. The molecule has 0 saturated heterocycles. The van der Waals surface area contributed by atoms with Crippen molar-refractivity contribution in [2.75, 3.05) is 6.61 Å². The van der Waals surface area contributed by atoms with E-state index in [1.165, 1.54) is 6.07 Å². The largest absolute Gasteiger partial charge is 0.493 e. The standard InChI is InChI=1S/C11H9ClO3/c1-2-14-10-6-11(13)15-9-4-3-7(12)5-8(9)10/h3-6H,2H2,1H3. The van der Waals surface area contributed by atoms with Crippen molar-refractivity contribution in [1.82, 2.24) is 0 Å². The van der Waals surface area contributed by atoms with Crippen LogP contribution in [0.15, 0.2) is 33.5 Å². The van der Waals surface area contributed by atoms with Gasteiger partial charge in [0, 0.05) is 5.02 Å². The topological polar surface area (TPSA) is 39.4 Å². The first kappa shape index (κ1) is 10.1. The Bertz CT molecular complexity index is 545. The molecule has 0 aliphatic rings. The van der Waals surface area contributed by atoms with E-state index in [9.17, 15) is 4.79 Å². The molecule has 0 saturated carbocycles. The molecule has 2 aromatic rings. The minimum atomic E-state index is -0.423. The molecule has 0 amide bonds. The lowest BCUT2D eigenvalue weighted by atomic mass is 10.2. The van der Waals surface area contributed by atoms with Gasteiger partial charge in [0.2, 0.25) is 0 Å². The molecule has 2 rings (SSSR count). The summed E-state index contributed by atoms with van der Waals surface area (Å²) in [5.41, 5.74) is 0.0589. The average molecular weight is 225 g/mol. The maximum atomic E-state index is 11.2. The molecule has 1 aromatic heterocycles. The number of benzene rings is 1. The summed E-state index contributed by atoms with van der Waals surface area (Å²) >= 11 is 5.86. The second-order valence-corrected chi connectivity index (χ2v) is 3.44. The number of halogens is 1. The van der Waals surface area contributed by atoms with Gasteiger partial charge in [0.05, 0.1) is 18.1 Å². The summed E-state index contributed by atoms with van der Waals surface area (Å²) in [6, 6.07) is 6.36. The van der Waals surface area contributed by atoms with Crippen LogP contribution in [0.25, 0.3) is 11.0 Å². The zero-order valence-electron chi connectivity index (χ0n) is 8.12. The Hall–Kier alpha value is -1.48. The summed E-state index contributed by atoms with van der Waals surface area (Å²) in [6.45, 7) is 2.34. The molecule has 4 heteroatoms. The molecule has 0 atom stereocenters. The van der Waals surface area contributed by atoms with Crippen molar-refractivity contribution in [3.63, 3.8) is 0 Å². The van der Waals surface area contributed by atoms with Crippen LogP contribution in [0.1, 0.15) is 6.92 Å². The molecular weight excluding hydrogens is 216 g/mol. The smallest absolute Gasteiger partial charge is 0.339 e. The van der Waals surface area contributed by atoms with Gasteiger partial charge in [0.15, 0.2) is 0 Å². The Kier molecular flexibility index (Phi) is 2.64. The number of fused-ring (bicyclic) bond motifs is 1. The molecule has 0 aliphatic heterocycles. The highest BCUT2D eigenvalue weighted by Crippen LogP contribution is 2.26. The van der Waals surface area contributed by atoms with Crippen LogP contribution in [0, 0.1) is 0 Å². The van der Waals surface area contributed by atoms with Crippen molar-refractivity contribution < 1.29 is 9.15 Å². The Morgan fingerprint density at radius 3 is 2.93 bits per heavy atom. The summed E-state index contributed by atoms with van der Waals surface area (Å²) in [5, 5.41) is 1.29. The van der Waals surface area contributed by atoms with E-state index in [1.54, 1.807) is 18.2 Å². The summed E-state index contributed by atoms with van der Waals surface area (Å²) in [5.74, 6) is 0.506.